The molecule has 0 aromatic carbocycles. The van der Waals surface area contributed by atoms with Crippen molar-refractivity contribution in [1.82, 2.24) is 4.90 Å². The van der Waals surface area contributed by atoms with E-state index in [4.69, 9.17) is 9.84 Å². The minimum Gasteiger partial charge on any atom is -0.480 e. The van der Waals surface area contributed by atoms with Crippen molar-refractivity contribution < 1.29 is 19.4 Å². The first-order valence-corrected chi connectivity index (χ1v) is 5.97. The maximum absolute atomic E-state index is 12.2. The predicted molar refractivity (Wildman–Crippen MR) is 62.6 cm³/mol. The van der Waals surface area contributed by atoms with Gasteiger partial charge in [-0.25, -0.2) is 4.79 Å². The molecule has 1 aliphatic heterocycles. The number of likely N-dealkylation sites (N-methyl/N-ethyl adjacent to an activating group) is 1. The second kappa shape index (κ2) is 5.49. The fourth-order valence-corrected chi connectivity index (χ4v) is 2.15. The van der Waals surface area contributed by atoms with Crippen molar-refractivity contribution in [3.05, 3.63) is 0 Å². The van der Waals surface area contributed by atoms with E-state index in [2.05, 4.69) is 0 Å². The molecule has 0 spiro atoms. The van der Waals surface area contributed by atoms with Crippen molar-refractivity contribution in [2.45, 2.75) is 39.3 Å². The van der Waals surface area contributed by atoms with Crippen LogP contribution in [0.25, 0.3) is 0 Å². The number of amides is 1. The number of carbonyl (C=O) groups excluding carboxylic acids is 1. The summed E-state index contributed by atoms with van der Waals surface area (Å²) < 4.78 is 5.54. The number of carbonyl (C=O) groups is 2. The van der Waals surface area contributed by atoms with Gasteiger partial charge in [0.05, 0.1) is 12.0 Å². The molecule has 1 saturated heterocycles. The first kappa shape index (κ1) is 14.0. The zero-order valence-electron chi connectivity index (χ0n) is 10.8. The van der Waals surface area contributed by atoms with Gasteiger partial charge in [-0.1, -0.05) is 13.8 Å². The monoisotopic (exact) mass is 243 g/mol. The number of carboxylic acids is 1. The van der Waals surface area contributed by atoms with Gasteiger partial charge in [-0.15, -0.1) is 0 Å². The molecule has 1 aliphatic rings. The summed E-state index contributed by atoms with van der Waals surface area (Å²) in [6.45, 7) is 6.11. The van der Waals surface area contributed by atoms with Crippen LogP contribution in [0.5, 0.6) is 0 Å². The third-order valence-corrected chi connectivity index (χ3v) is 3.40. The molecule has 3 atom stereocenters. The first-order chi connectivity index (χ1) is 7.86. The van der Waals surface area contributed by atoms with E-state index in [9.17, 15) is 9.59 Å². The summed E-state index contributed by atoms with van der Waals surface area (Å²) in [5.41, 5.74) is 0. The highest BCUT2D eigenvalue weighted by Crippen LogP contribution is 2.28. The molecule has 1 heterocycles. The molecule has 0 aromatic rings. The van der Waals surface area contributed by atoms with Crippen LogP contribution in [-0.2, 0) is 14.3 Å². The Bertz CT molecular complexity index is 303. The number of carboxylic acid groups (broad SMARTS) is 1. The Balaban J connectivity index is 2.72. The minimum absolute atomic E-state index is 0.0917. The van der Waals surface area contributed by atoms with Crippen LogP contribution >= 0.6 is 0 Å². The number of rotatable bonds is 4. The van der Waals surface area contributed by atoms with Gasteiger partial charge < -0.3 is 14.7 Å². The van der Waals surface area contributed by atoms with E-state index in [1.807, 2.05) is 13.8 Å². The van der Waals surface area contributed by atoms with Crippen molar-refractivity contribution in [3.8, 4) is 0 Å². The van der Waals surface area contributed by atoms with Crippen LogP contribution in [0.15, 0.2) is 0 Å². The van der Waals surface area contributed by atoms with Gasteiger partial charge in [0, 0.05) is 13.7 Å². The zero-order valence-corrected chi connectivity index (χ0v) is 10.8. The van der Waals surface area contributed by atoms with Crippen LogP contribution in [0.3, 0.4) is 0 Å². The normalized spacial score (nSPS) is 25.9. The summed E-state index contributed by atoms with van der Waals surface area (Å²) in [4.78, 5) is 24.3. The maximum Gasteiger partial charge on any atom is 0.326 e. The maximum atomic E-state index is 12.2. The van der Waals surface area contributed by atoms with E-state index in [1.54, 1.807) is 0 Å². The summed E-state index contributed by atoms with van der Waals surface area (Å²) in [7, 11) is 1.54. The van der Waals surface area contributed by atoms with Crippen LogP contribution in [-0.4, -0.2) is 47.7 Å². The molecular formula is C12H21NO4. The smallest absolute Gasteiger partial charge is 0.326 e. The van der Waals surface area contributed by atoms with Crippen molar-refractivity contribution in [1.29, 1.82) is 0 Å². The standard InChI is InChI=1S/C12H21NO4/c1-7(2)10-9(5-6-17-10)11(14)13(4)8(3)12(15)16/h7-10H,5-6H2,1-4H3,(H,15,16). The molecule has 5 heteroatoms. The molecule has 1 amide bonds. The SMILES string of the molecule is CC(C)C1OCCC1C(=O)N(C)C(C)C(=O)O. The fourth-order valence-electron chi connectivity index (χ4n) is 2.15. The lowest BCUT2D eigenvalue weighted by molar-refractivity contribution is -0.151. The van der Waals surface area contributed by atoms with Gasteiger partial charge in [-0.3, -0.25) is 4.79 Å². The van der Waals surface area contributed by atoms with E-state index in [-0.39, 0.29) is 23.8 Å². The highest BCUT2D eigenvalue weighted by Gasteiger charge is 2.39. The fraction of sp³-hybridized carbons (Fsp3) is 0.833. The van der Waals surface area contributed by atoms with Gasteiger partial charge in [-0.2, -0.15) is 0 Å². The third kappa shape index (κ3) is 2.97. The highest BCUT2D eigenvalue weighted by atomic mass is 16.5. The lowest BCUT2D eigenvalue weighted by Crippen LogP contribution is -2.45. The molecule has 0 bridgehead atoms. The Morgan fingerprint density at radius 1 is 1.35 bits per heavy atom. The molecule has 0 saturated carbocycles. The quantitative estimate of drug-likeness (QED) is 0.799. The Morgan fingerprint density at radius 2 is 1.94 bits per heavy atom. The minimum atomic E-state index is -0.985. The molecule has 0 aromatic heterocycles. The second-order valence-corrected chi connectivity index (χ2v) is 4.94. The summed E-state index contributed by atoms with van der Waals surface area (Å²) >= 11 is 0. The molecule has 98 valence electrons. The number of hydrogen-bond donors (Lipinski definition) is 1. The number of ether oxygens (including phenoxy) is 1. The van der Waals surface area contributed by atoms with Crippen LogP contribution in [0.1, 0.15) is 27.2 Å². The van der Waals surface area contributed by atoms with Gasteiger partial charge in [0.1, 0.15) is 6.04 Å². The predicted octanol–water partition coefficient (Wildman–Crippen LogP) is 0.979. The van der Waals surface area contributed by atoms with Crippen LogP contribution in [0.4, 0.5) is 0 Å². The first-order valence-electron chi connectivity index (χ1n) is 5.97. The van der Waals surface area contributed by atoms with E-state index < -0.39 is 12.0 Å². The summed E-state index contributed by atoms with van der Waals surface area (Å²) in [5.74, 6) is -1.06. The number of hydrogen-bond acceptors (Lipinski definition) is 3. The molecule has 0 aliphatic carbocycles. The van der Waals surface area contributed by atoms with Gasteiger partial charge in [0.15, 0.2) is 0 Å². The van der Waals surface area contributed by atoms with Crippen molar-refractivity contribution in [2.75, 3.05) is 13.7 Å². The average Bonchev–Trinajstić information content (AvgIpc) is 2.74. The topological polar surface area (TPSA) is 66.8 Å². The molecule has 0 radical (unpaired) electrons. The Hall–Kier alpha value is -1.10. The summed E-state index contributed by atoms with van der Waals surface area (Å²) in [6.07, 6.45) is 0.587. The molecular weight excluding hydrogens is 222 g/mol. The average molecular weight is 243 g/mol. The number of nitrogens with zero attached hydrogens (tertiary/aromatic N) is 1. The van der Waals surface area contributed by atoms with Gasteiger partial charge >= 0.3 is 5.97 Å². The van der Waals surface area contributed by atoms with E-state index >= 15 is 0 Å². The van der Waals surface area contributed by atoms with Crippen LogP contribution < -0.4 is 0 Å². The molecule has 1 fully saturated rings. The largest absolute Gasteiger partial charge is 0.480 e. The zero-order chi connectivity index (χ0) is 13.2. The van der Waals surface area contributed by atoms with Crippen molar-refractivity contribution in [2.24, 2.45) is 11.8 Å². The number of aliphatic carboxylic acids is 1. The van der Waals surface area contributed by atoms with Crippen molar-refractivity contribution >= 4 is 11.9 Å². The third-order valence-electron chi connectivity index (χ3n) is 3.40. The Morgan fingerprint density at radius 3 is 2.41 bits per heavy atom. The van der Waals surface area contributed by atoms with Gasteiger partial charge in [0.25, 0.3) is 0 Å². The molecule has 17 heavy (non-hydrogen) atoms. The Labute approximate surface area is 102 Å². The van der Waals surface area contributed by atoms with Crippen LogP contribution in [0.2, 0.25) is 0 Å². The molecule has 1 rings (SSSR count). The van der Waals surface area contributed by atoms with E-state index in [0.717, 1.165) is 0 Å². The van der Waals surface area contributed by atoms with Gasteiger partial charge in [0.2, 0.25) is 5.91 Å². The van der Waals surface area contributed by atoms with Crippen molar-refractivity contribution in [3.63, 3.8) is 0 Å². The lowest BCUT2D eigenvalue weighted by Gasteiger charge is -2.28. The molecule has 1 N–H and O–H groups in total. The van der Waals surface area contributed by atoms with Gasteiger partial charge in [-0.05, 0) is 19.3 Å². The lowest BCUT2D eigenvalue weighted by atomic mass is 9.91. The summed E-state index contributed by atoms with van der Waals surface area (Å²) in [6, 6.07) is -0.795. The van der Waals surface area contributed by atoms with E-state index in [0.29, 0.717) is 13.0 Å². The second-order valence-electron chi connectivity index (χ2n) is 4.94. The van der Waals surface area contributed by atoms with E-state index in [1.165, 1.54) is 18.9 Å². The molecule has 3 unspecified atom stereocenters. The summed E-state index contributed by atoms with van der Waals surface area (Å²) in [5, 5.41) is 8.89. The Kier molecular flexibility index (Phi) is 4.51. The molecule has 5 nitrogen and oxygen atoms in total. The van der Waals surface area contributed by atoms with Crippen LogP contribution in [0, 0.1) is 11.8 Å². The highest BCUT2D eigenvalue weighted by molar-refractivity contribution is 5.85.